The van der Waals surface area contributed by atoms with Crippen LogP contribution in [0.15, 0.2) is 53.3 Å². The fraction of sp³-hybridized carbons (Fsp3) is 0.261. The lowest BCUT2D eigenvalue weighted by Crippen LogP contribution is -2.41. The van der Waals surface area contributed by atoms with Crippen molar-refractivity contribution in [2.75, 3.05) is 19.0 Å². The molecule has 1 aromatic heterocycles. The molecule has 0 unspecified atom stereocenters. The van der Waals surface area contributed by atoms with Gasteiger partial charge in [0.15, 0.2) is 0 Å². The van der Waals surface area contributed by atoms with Gasteiger partial charge in [-0.25, -0.2) is 9.78 Å². The Kier molecular flexibility index (Phi) is 5.52. The minimum atomic E-state index is -0.219. The SMILES string of the molecule is CCc1ccc(NC(=O)N2CCc3nc(-c4ccc(OC)cc4)[nH]c(=O)c3C2)cc1. The molecule has 0 aliphatic carbocycles. The molecular formula is C23H24N4O3. The smallest absolute Gasteiger partial charge is 0.322 e. The van der Waals surface area contributed by atoms with E-state index in [1.54, 1.807) is 12.0 Å². The summed E-state index contributed by atoms with van der Waals surface area (Å²) in [5.74, 6) is 1.26. The van der Waals surface area contributed by atoms with Crippen LogP contribution in [0.3, 0.4) is 0 Å². The topological polar surface area (TPSA) is 87.3 Å². The molecule has 1 aliphatic heterocycles. The van der Waals surface area contributed by atoms with Gasteiger partial charge in [-0.3, -0.25) is 4.79 Å². The van der Waals surface area contributed by atoms with Crippen LogP contribution in [0.1, 0.15) is 23.7 Å². The van der Waals surface area contributed by atoms with Gasteiger partial charge in [0.1, 0.15) is 11.6 Å². The van der Waals surface area contributed by atoms with Gasteiger partial charge in [-0.05, 0) is 48.4 Å². The first-order valence-corrected chi connectivity index (χ1v) is 9.98. The number of nitrogens with one attached hydrogen (secondary N) is 2. The number of benzene rings is 2. The number of hydrogen-bond donors (Lipinski definition) is 2. The zero-order chi connectivity index (χ0) is 21.1. The summed E-state index contributed by atoms with van der Waals surface area (Å²) in [6.07, 6.45) is 1.48. The van der Waals surface area contributed by atoms with Gasteiger partial charge in [-0.2, -0.15) is 0 Å². The maximum atomic E-state index is 12.7. The summed E-state index contributed by atoms with van der Waals surface area (Å²) in [4.78, 5) is 34.5. The molecule has 2 N–H and O–H groups in total. The van der Waals surface area contributed by atoms with E-state index in [2.05, 4.69) is 22.2 Å². The number of nitrogens with zero attached hydrogens (tertiary/aromatic N) is 2. The number of aromatic amines is 1. The zero-order valence-corrected chi connectivity index (χ0v) is 17.1. The maximum absolute atomic E-state index is 12.7. The number of anilines is 1. The zero-order valence-electron chi connectivity index (χ0n) is 17.1. The van der Waals surface area contributed by atoms with Crippen molar-refractivity contribution in [1.82, 2.24) is 14.9 Å². The number of rotatable bonds is 4. The third kappa shape index (κ3) is 4.05. The summed E-state index contributed by atoms with van der Waals surface area (Å²) in [7, 11) is 1.61. The van der Waals surface area contributed by atoms with Crippen molar-refractivity contribution in [1.29, 1.82) is 0 Å². The van der Waals surface area contributed by atoms with Gasteiger partial charge in [0, 0.05) is 24.2 Å². The van der Waals surface area contributed by atoms with Gasteiger partial charge >= 0.3 is 6.03 Å². The van der Waals surface area contributed by atoms with Gasteiger partial charge in [-0.15, -0.1) is 0 Å². The van der Waals surface area contributed by atoms with E-state index in [1.807, 2.05) is 48.5 Å². The second kappa shape index (κ2) is 8.41. The van der Waals surface area contributed by atoms with Crippen molar-refractivity contribution < 1.29 is 9.53 Å². The third-order valence-electron chi connectivity index (χ3n) is 5.33. The molecule has 0 bridgehead atoms. The molecule has 7 heteroatoms. The van der Waals surface area contributed by atoms with E-state index in [1.165, 1.54) is 5.56 Å². The van der Waals surface area contributed by atoms with Crippen LogP contribution in [-0.2, 0) is 19.4 Å². The molecule has 1 aliphatic rings. The van der Waals surface area contributed by atoms with Crippen LogP contribution in [0.4, 0.5) is 10.5 Å². The molecule has 2 amide bonds. The Morgan fingerprint density at radius 2 is 1.90 bits per heavy atom. The van der Waals surface area contributed by atoms with E-state index in [9.17, 15) is 9.59 Å². The number of ether oxygens (including phenoxy) is 1. The van der Waals surface area contributed by atoms with Crippen LogP contribution in [0.2, 0.25) is 0 Å². The number of fused-ring (bicyclic) bond motifs is 1. The standard InChI is InChI=1S/C23H24N4O3/c1-3-15-4-8-17(9-5-15)24-23(29)27-13-12-20-19(14-27)22(28)26-21(25-20)16-6-10-18(30-2)11-7-16/h4-11H,3,12-14H2,1-2H3,(H,24,29)(H,25,26,28). The van der Waals surface area contributed by atoms with Gasteiger partial charge in [0.05, 0.1) is 24.9 Å². The summed E-state index contributed by atoms with van der Waals surface area (Å²) in [5.41, 5.74) is 3.83. The normalized spacial score (nSPS) is 12.9. The number of methoxy groups -OCH3 is 1. The summed E-state index contributed by atoms with van der Waals surface area (Å²) in [6, 6.07) is 14.9. The highest BCUT2D eigenvalue weighted by atomic mass is 16.5. The van der Waals surface area contributed by atoms with Crippen LogP contribution < -0.4 is 15.6 Å². The number of amides is 2. The van der Waals surface area contributed by atoms with Gasteiger partial charge < -0.3 is 19.9 Å². The first-order chi connectivity index (χ1) is 14.6. The molecule has 7 nitrogen and oxygen atoms in total. The molecule has 3 aromatic rings. The number of carbonyl (C=O) groups is 1. The summed E-state index contributed by atoms with van der Waals surface area (Å²) in [6.45, 7) is 2.83. The Morgan fingerprint density at radius 1 is 1.17 bits per heavy atom. The Hall–Kier alpha value is -3.61. The summed E-state index contributed by atoms with van der Waals surface area (Å²) in [5, 5.41) is 2.90. The van der Waals surface area contributed by atoms with Crippen molar-refractivity contribution in [3.8, 4) is 17.1 Å². The highest BCUT2D eigenvalue weighted by Crippen LogP contribution is 2.21. The average molecular weight is 404 g/mol. The fourth-order valence-corrected chi connectivity index (χ4v) is 3.51. The predicted molar refractivity (Wildman–Crippen MR) is 116 cm³/mol. The number of H-pyrrole nitrogens is 1. The first-order valence-electron chi connectivity index (χ1n) is 9.98. The molecule has 30 heavy (non-hydrogen) atoms. The second-order valence-corrected chi connectivity index (χ2v) is 7.22. The van der Waals surface area contributed by atoms with Crippen molar-refractivity contribution in [3.63, 3.8) is 0 Å². The number of urea groups is 1. The lowest BCUT2D eigenvalue weighted by atomic mass is 10.1. The van der Waals surface area contributed by atoms with E-state index in [0.29, 0.717) is 24.4 Å². The largest absolute Gasteiger partial charge is 0.497 e. The number of carbonyl (C=O) groups excluding carboxylic acids is 1. The summed E-state index contributed by atoms with van der Waals surface area (Å²) < 4.78 is 5.17. The Balaban J connectivity index is 1.50. The van der Waals surface area contributed by atoms with E-state index in [-0.39, 0.29) is 18.1 Å². The number of aryl methyl sites for hydroxylation is 1. The monoisotopic (exact) mass is 404 g/mol. The van der Waals surface area contributed by atoms with Gasteiger partial charge in [-0.1, -0.05) is 19.1 Å². The van der Waals surface area contributed by atoms with E-state index in [0.717, 1.165) is 29.1 Å². The van der Waals surface area contributed by atoms with Crippen molar-refractivity contribution >= 4 is 11.7 Å². The van der Waals surface area contributed by atoms with Gasteiger partial charge in [0.25, 0.3) is 5.56 Å². The molecule has 2 aromatic carbocycles. The van der Waals surface area contributed by atoms with Crippen LogP contribution in [0, 0.1) is 0 Å². The Bertz CT molecular complexity index is 1100. The molecule has 2 heterocycles. The molecule has 0 saturated heterocycles. The predicted octanol–water partition coefficient (Wildman–Crippen LogP) is 3.60. The van der Waals surface area contributed by atoms with E-state index < -0.39 is 0 Å². The van der Waals surface area contributed by atoms with Crippen molar-refractivity contribution in [2.24, 2.45) is 0 Å². The fourth-order valence-electron chi connectivity index (χ4n) is 3.51. The van der Waals surface area contributed by atoms with E-state index >= 15 is 0 Å². The van der Waals surface area contributed by atoms with E-state index in [4.69, 9.17) is 4.74 Å². The third-order valence-corrected chi connectivity index (χ3v) is 5.33. The highest BCUT2D eigenvalue weighted by Gasteiger charge is 2.25. The van der Waals surface area contributed by atoms with Crippen LogP contribution in [-0.4, -0.2) is 34.6 Å². The lowest BCUT2D eigenvalue weighted by molar-refractivity contribution is 0.205. The summed E-state index contributed by atoms with van der Waals surface area (Å²) >= 11 is 0. The lowest BCUT2D eigenvalue weighted by Gasteiger charge is -2.28. The molecule has 0 saturated carbocycles. The Labute approximate surface area is 174 Å². The molecule has 4 rings (SSSR count). The number of aromatic nitrogens is 2. The maximum Gasteiger partial charge on any atom is 0.322 e. The molecule has 0 spiro atoms. The molecule has 154 valence electrons. The Morgan fingerprint density at radius 3 is 2.57 bits per heavy atom. The van der Waals surface area contributed by atoms with Crippen LogP contribution in [0.5, 0.6) is 5.75 Å². The molecular weight excluding hydrogens is 380 g/mol. The second-order valence-electron chi connectivity index (χ2n) is 7.22. The van der Waals surface area contributed by atoms with Crippen LogP contribution in [0.25, 0.3) is 11.4 Å². The van der Waals surface area contributed by atoms with Gasteiger partial charge in [0.2, 0.25) is 0 Å². The minimum absolute atomic E-state index is 0.212. The molecule has 0 atom stereocenters. The van der Waals surface area contributed by atoms with Crippen molar-refractivity contribution in [3.05, 3.63) is 75.7 Å². The quantitative estimate of drug-likeness (QED) is 0.696. The first kappa shape index (κ1) is 19.7. The van der Waals surface area contributed by atoms with Crippen LogP contribution >= 0.6 is 0 Å². The average Bonchev–Trinajstić information content (AvgIpc) is 2.79. The minimum Gasteiger partial charge on any atom is -0.497 e. The molecule has 0 fully saturated rings. The molecule has 0 radical (unpaired) electrons. The highest BCUT2D eigenvalue weighted by molar-refractivity contribution is 5.89. The van der Waals surface area contributed by atoms with Crippen molar-refractivity contribution in [2.45, 2.75) is 26.3 Å². The number of hydrogen-bond acceptors (Lipinski definition) is 4.